The van der Waals surface area contributed by atoms with Crippen LogP contribution in [0.1, 0.15) is 37.0 Å². The van der Waals surface area contributed by atoms with Crippen LogP contribution in [0.4, 0.5) is 13.2 Å². The van der Waals surface area contributed by atoms with Crippen LogP contribution in [0.2, 0.25) is 0 Å². The minimum Gasteiger partial charge on any atom is -0.458 e. The summed E-state index contributed by atoms with van der Waals surface area (Å²) in [6.45, 7) is 3.47. The summed E-state index contributed by atoms with van der Waals surface area (Å²) < 4.78 is 43.9. The predicted octanol–water partition coefficient (Wildman–Crippen LogP) is 6.56. The average molecular weight is 604 g/mol. The Hall–Kier alpha value is -2.59. The minimum absolute atomic E-state index is 0.111. The van der Waals surface area contributed by atoms with E-state index in [4.69, 9.17) is 4.74 Å². The zero-order valence-corrected chi connectivity index (χ0v) is 21.6. The molecule has 1 aromatic carbocycles. The van der Waals surface area contributed by atoms with Gasteiger partial charge in [-0.3, -0.25) is 15.0 Å². The molecule has 0 fully saturated rings. The summed E-state index contributed by atoms with van der Waals surface area (Å²) in [4.78, 5) is 24.0. The smallest absolute Gasteiger partial charge is 0.393 e. The number of amides is 1. The first-order valence-corrected chi connectivity index (χ1v) is 11.9. The highest BCUT2D eigenvalue weighted by Crippen LogP contribution is 2.27. The first kappa shape index (κ1) is 27.7. The van der Waals surface area contributed by atoms with Gasteiger partial charge in [-0.05, 0) is 83.8 Å². The first-order valence-electron chi connectivity index (χ1n) is 10.1. The van der Waals surface area contributed by atoms with Crippen molar-refractivity contribution in [1.82, 2.24) is 10.9 Å². The minimum atomic E-state index is -4.28. The van der Waals surface area contributed by atoms with E-state index in [2.05, 4.69) is 42.7 Å². The number of halogens is 5. The SMILES string of the molecule is CC(=C/NNC(=O)c1cccc(OC2=CCC=C(CC(F)(F)F)C=C2)c1)/C=C(/Br)C(=O)C(C)Br. The van der Waals surface area contributed by atoms with E-state index in [9.17, 15) is 22.8 Å². The summed E-state index contributed by atoms with van der Waals surface area (Å²) in [7, 11) is 0. The number of carbonyl (C=O) groups is 2. The summed E-state index contributed by atoms with van der Waals surface area (Å²) >= 11 is 6.43. The summed E-state index contributed by atoms with van der Waals surface area (Å²) in [6.07, 6.45) is 4.17. The van der Waals surface area contributed by atoms with Crippen LogP contribution in [0.25, 0.3) is 0 Å². The van der Waals surface area contributed by atoms with Crippen molar-refractivity contribution in [1.29, 1.82) is 0 Å². The molecule has 0 radical (unpaired) electrons. The molecule has 182 valence electrons. The average Bonchev–Trinajstić information content (AvgIpc) is 2.96. The second-order valence-electron chi connectivity index (χ2n) is 7.34. The normalized spacial score (nSPS) is 15.6. The molecule has 5 nitrogen and oxygen atoms in total. The Labute approximate surface area is 212 Å². The number of nitrogens with one attached hydrogen (secondary N) is 2. The third-order valence-electron chi connectivity index (χ3n) is 4.33. The highest BCUT2D eigenvalue weighted by Gasteiger charge is 2.28. The number of hydrazine groups is 1. The van der Waals surface area contributed by atoms with Crippen molar-refractivity contribution in [2.24, 2.45) is 0 Å². The lowest BCUT2D eigenvalue weighted by molar-refractivity contribution is -0.126. The third-order valence-corrected chi connectivity index (χ3v) is 5.37. The topological polar surface area (TPSA) is 67.4 Å². The van der Waals surface area contributed by atoms with E-state index in [1.54, 1.807) is 44.2 Å². The van der Waals surface area contributed by atoms with Crippen LogP contribution in [-0.4, -0.2) is 22.7 Å². The van der Waals surface area contributed by atoms with Crippen molar-refractivity contribution in [3.8, 4) is 5.75 Å². The third kappa shape index (κ3) is 9.72. The van der Waals surface area contributed by atoms with E-state index in [-0.39, 0.29) is 16.2 Å². The Balaban J connectivity index is 1.96. The Morgan fingerprint density at radius 2 is 1.97 bits per heavy atom. The van der Waals surface area contributed by atoms with Gasteiger partial charge in [-0.25, -0.2) is 0 Å². The van der Waals surface area contributed by atoms with Gasteiger partial charge in [0.25, 0.3) is 5.91 Å². The van der Waals surface area contributed by atoms with Crippen molar-refractivity contribution in [3.63, 3.8) is 0 Å². The molecule has 1 aromatic rings. The highest BCUT2D eigenvalue weighted by atomic mass is 79.9. The van der Waals surface area contributed by atoms with Crippen molar-refractivity contribution < 1.29 is 27.5 Å². The van der Waals surface area contributed by atoms with E-state index >= 15 is 0 Å². The van der Waals surface area contributed by atoms with Crippen molar-refractivity contribution in [2.75, 3.05) is 0 Å². The number of Topliss-reactive ketones (excluding diaryl/α,β-unsaturated/α-hetero) is 1. The molecule has 0 aliphatic heterocycles. The molecule has 1 aliphatic rings. The molecular formula is C24H23Br2F3N2O3. The molecule has 0 saturated carbocycles. The lowest BCUT2D eigenvalue weighted by Crippen LogP contribution is -2.33. The van der Waals surface area contributed by atoms with Gasteiger partial charge < -0.3 is 10.2 Å². The molecule has 10 heteroatoms. The maximum Gasteiger partial charge on any atom is 0.393 e. The molecule has 34 heavy (non-hydrogen) atoms. The molecule has 1 aliphatic carbocycles. The second kappa shape index (κ2) is 12.8. The Morgan fingerprint density at radius 1 is 1.24 bits per heavy atom. The van der Waals surface area contributed by atoms with Crippen LogP contribution in [-0.2, 0) is 4.79 Å². The second-order valence-corrected chi connectivity index (χ2v) is 9.56. The molecule has 0 saturated heterocycles. The number of carbonyl (C=O) groups excluding carboxylic acids is 2. The summed E-state index contributed by atoms with van der Waals surface area (Å²) in [5, 5.41) is 0. The zero-order chi connectivity index (χ0) is 25.3. The lowest BCUT2D eigenvalue weighted by Gasteiger charge is -2.09. The predicted molar refractivity (Wildman–Crippen MR) is 132 cm³/mol. The number of ether oxygens (including phenoxy) is 1. The van der Waals surface area contributed by atoms with Crippen LogP contribution < -0.4 is 15.6 Å². The lowest BCUT2D eigenvalue weighted by atomic mass is 10.1. The van der Waals surface area contributed by atoms with Crippen molar-refractivity contribution >= 4 is 43.6 Å². The molecule has 0 aromatic heterocycles. The molecule has 1 amide bonds. The van der Waals surface area contributed by atoms with Gasteiger partial charge in [0.2, 0.25) is 0 Å². The molecule has 2 N–H and O–H groups in total. The van der Waals surface area contributed by atoms with Gasteiger partial charge >= 0.3 is 6.18 Å². The van der Waals surface area contributed by atoms with Crippen LogP contribution >= 0.6 is 31.9 Å². The van der Waals surface area contributed by atoms with Gasteiger partial charge in [-0.15, -0.1) is 0 Å². The fourth-order valence-corrected chi connectivity index (χ4v) is 3.98. The maximum absolute atomic E-state index is 12.6. The van der Waals surface area contributed by atoms with E-state index in [1.165, 1.54) is 30.5 Å². The van der Waals surface area contributed by atoms with Crippen LogP contribution in [0.5, 0.6) is 5.75 Å². The Bertz CT molecular complexity index is 1070. The Morgan fingerprint density at radius 3 is 2.65 bits per heavy atom. The van der Waals surface area contributed by atoms with Gasteiger partial charge in [-0.1, -0.05) is 34.1 Å². The van der Waals surface area contributed by atoms with E-state index < -0.39 is 18.5 Å². The van der Waals surface area contributed by atoms with Crippen LogP contribution in [0, 0.1) is 0 Å². The van der Waals surface area contributed by atoms with E-state index in [0.29, 0.717) is 33.5 Å². The van der Waals surface area contributed by atoms with Crippen molar-refractivity contribution in [2.45, 2.75) is 37.7 Å². The van der Waals surface area contributed by atoms with Crippen LogP contribution in [0.15, 0.2) is 82.2 Å². The van der Waals surface area contributed by atoms with E-state index in [1.807, 2.05) is 0 Å². The van der Waals surface area contributed by atoms with Crippen LogP contribution in [0.3, 0.4) is 0 Å². The quantitative estimate of drug-likeness (QED) is 0.145. The molecule has 2 rings (SSSR count). The summed E-state index contributed by atoms with van der Waals surface area (Å²) in [5.41, 5.74) is 6.36. The maximum atomic E-state index is 12.6. The number of hydrogen-bond donors (Lipinski definition) is 2. The van der Waals surface area contributed by atoms with Crippen molar-refractivity contribution in [3.05, 3.63) is 87.8 Å². The standard InChI is InChI=1S/C24H23Br2F3N2O3/c1-15(11-21(26)22(32)16(2)25)14-30-31-23(33)18-6-4-8-20(12-18)34-19-7-3-5-17(9-10-19)13-24(27,28)29/h4-12,14,16,30H,3,13H2,1-2H3,(H,31,33)/b15-14-,21-11+. The number of alkyl halides is 4. The molecule has 1 atom stereocenters. The van der Waals surface area contributed by atoms with Gasteiger partial charge in [0.15, 0.2) is 5.78 Å². The largest absolute Gasteiger partial charge is 0.458 e. The van der Waals surface area contributed by atoms with Gasteiger partial charge in [0, 0.05) is 11.8 Å². The first-order chi connectivity index (χ1) is 15.9. The Kier molecular flexibility index (Phi) is 10.4. The monoisotopic (exact) mass is 602 g/mol. The number of ketones is 1. The van der Waals surface area contributed by atoms with Gasteiger partial charge in [0.05, 0.1) is 15.7 Å². The van der Waals surface area contributed by atoms with Gasteiger partial charge in [0.1, 0.15) is 11.5 Å². The highest BCUT2D eigenvalue weighted by molar-refractivity contribution is 9.12. The molecule has 0 heterocycles. The summed E-state index contributed by atoms with van der Waals surface area (Å²) in [5.74, 6) is 0.206. The molecule has 0 bridgehead atoms. The number of rotatable bonds is 9. The van der Waals surface area contributed by atoms with E-state index in [0.717, 1.165) is 0 Å². The molecule has 1 unspecified atom stereocenters. The fraction of sp³-hybridized carbons (Fsp3) is 0.250. The molecule has 0 spiro atoms. The van der Waals surface area contributed by atoms with Gasteiger partial charge in [-0.2, -0.15) is 13.2 Å². The fourth-order valence-electron chi connectivity index (χ4n) is 2.72. The number of hydrogen-bond acceptors (Lipinski definition) is 4. The number of allylic oxidation sites excluding steroid dienone is 8. The number of benzene rings is 1. The summed E-state index contributed by atoms with van der Waals surface area (Å²) in [6, 6.07) is 6.38. The molecular weight excluding hydrogens is 581 g/mol. The zero-order valence-electron chi connectivity index (χ0n) is 18.4.